The van der Waals surface area contributed by atoms with Crippen molar-refractivity contribution >= 4 is 11.8 Å². The number of nitrogens with zero attached hydrogens (tertiary/aromatic N) is 2. The lowest BCUT2D eigenvalue weighted by molar-refractivity contribution is -0.137. The van der Waals surface area contributed by atoms with Crippen LogP contribution in [0, 0.1) is 0 Å². The number of aromatic nitrogens is 1. The molecule has 0 spiro atoms. The largest absolute Gasteiger partial charge is 0.416 e. The van der Waals surface area contributed by atoms with Crippen molar-refractivity contribution in [2.75, 3.05) is 19.0 Å². The fourth-order valence-corrected chi connectivity index (χ4v) is 1.38. The monoisotopic (exact) mass is 293 g/mol. The third-order valence-electron chi connectivity index (χ3n) is 2.38. The van der Waals surface area contributed by atoms with Gasteiger partial charge in [-0.2, -0.15) is 18.2 Å². The summed E-state index contributed by atoms with van der Waals surface area (Å²) in [5.41, 5.74) is -0.929. The number of halogens is 3. The van der Waals surface area contributed by atoms with Crippen molar-refractivity contribution in [3.8, 4) is 0 Å². The van der Waals surface area contributed by atoms with Gasteiger partial charge >= 0.3 is 12.2 Å². The van der Waals surface area contributed by atoms with Crippen molar-refractivity contribution in [1.29, 1.82) is 0 Å². The SMILES string of the molecule is CON(C(=O)Nc1cc(C(F)(F)F)ccn1)[C@@H](C)CO. The Kier molecular flexibility index (Phi) is 5.28. The lowest BCUT2D eigenvalue weighted by Crippen LogP contribution is -2.42. The Labute approximate surface area is 113 Å². The van der Waals surface area contributed by atoms with Gasteiger partial charge in [0.05, 0.1) is 25.3 Å². The zero-order valence-electron chi connectivity index (χ0n) is 10.8. The first-order chi connectivity index (χ1) is 9.29. The Hall–Kier alpha value is -1.87. The third kappa shape index (κ3) is 4.07. The summed E-state index contributed by atoms with van der Waals surface area (Å²) in [7, 11) is 1.20. The molecule has 0 radical (unpaired) electrons. The molecular weight excluding hydrogens is 279 g/mol. The minimum absolute atomic E-state index is 0.267. The number of aliphatic hydroxyl groups is 1. The molecule has 0 aliphatic heterocycles. The van der Waals surface area contributed by atoms with E-state index in [2.05, 4.69) is 10.3 Å². The minimum atomic E-state index is -4.53. The van der Waals surface area contributed by atoms with Crippen molar-refractivity contribution in [2.45, 2.75) is 19.1 Å². The van der Waals surface area contributed by atoms with Gasteiger partial charge in [0.2, 0.25) is 0 Å². The van der Waals surface area contributed by atoms with Crippen molar-refractivity contribution in [2.24, 2.45) is 0 Å². The van der Waals surface area contributed by atoms with Crippen molar-refractivity contribution in [3.63, 3.8) is 0 Å². The predicted molar refractivity (Wildman–Crippen MR) is 63.7 cm³/mol. The summed E-state index contributed by atoms with van der Waals surface area (Å²) in [6, 6.07) is 0.00166. The van der Waals surface area contributed by atoms with E-state index >= 15 is 0 Å². The topological polar surface area (TPSA) is 74.7 Å². The summed E-state index contributed by atoms with van der Waals surface area (Å²) < 4.78 is 37.5. The van der Waals surface area contributed by atoms with E-state index in [9.17, 15) is 18.0 Å². The number of hydroxylamine groups is 2. The van der Waals surface area contributed by atoms with E-state index in [0.29, 0.717) is 6.07 Å². The number of anilines is 1. The normalized spacial score (nSPS) is 12.9. The minimum Gasteiger partial charge on any atom is -0.394 e. The van der Waals surface area contributed by atoms with Gasteiger partial charge in [-0.15, -0.1) is 0 Å². The average Bonchev–Trinajstić information content (AvgIpc) is 2.38. The Balaban J connectivity index is 2.85. The van der Waals surface area contributed by atoms with Gasteiger partial charge in [0, 0.05) is 6.20 Å². The second-order valence-electron chi connectivity index (χ2n) is 3.90. The highest BCUT2D eigenvalue weighted by Gasteiger charge is 2.31. The van der Waals surface area contributed by atoms with E-state index in [0.717, 1.165) is 17.3 Å². The zero-order chi connectivity index (χ0) is 15.3. The molecule has 2 N–H and O–H groups in total. The second kappa shape index (κ2) is 6.53. The smallest absolute Gasteiger partial charge is 0.394 e. The standard InChI is InChI=1S/C11H14F3N3O3/c1-7(6-18)17(20-2)10(19)16-9-5-8(3-4-15-9)11(12,13)14/h3-5,7,18H,6H2,1-2H3,(H,15,16,19)/t7-/m0/s1. The number of hydrogen-bond donors (Lipinski definition) is 2. The van der Waals surface area contributed by atoms with E-state index in [1.165, 1.54) is 14.0 Å². The molecular formula is C11H14F3N3O3. The first-order valence-electron chi connectivity index (χ1n) is 5.58. The van der Waals surface area contributed by atoms with Gasteiger partial charge in [-0.05, 0) is 19.1 Å². The molecule has 0 saturated carbocycles. The fraction of sp³-hybridized carbons (Fsp3) is 0.455. The molecule has 0 aliphatic carbocycles. The molecule has 0 saturated heterocycles. The molecule has 112 valence electrons. The van der Waals surface area contributed by atoms with Crippen LogP contribution in [0.25, 0.3) is 0 Å². The van der Waals surface area contributed by atoms with E-state index in [-0.39, 0.29) is 12.4 Å². The number of carbonyl (C=O) groups is 1. The third-order valence-corrected chi connectivity index (χ3v) is 2.38. The number of urea groups is 1. The maximum absolute atomic E-state index is 12.5. The summed E-state index contributed by atoms with van der Waals surface area (Å²) in [5, 5.41) is 11.9. The number of nitrogens with one attached hydrogen (secondary N) is 1. The van der Waals surface area contributed by atoms with Gasteiger partial charge < -0.3 is 5.11 Å². The molecule has 0 unspecified atom stereocenters. The quantitative estimate of drug-likeness (QED) is 0.831. The first-order valence-corrected chi connectivity index (χ1v) is 5.58. The molecule has 0 aromatic carbocycles. The Morgan fingerprint density at radius 3 is 2.75 bits per heavy atom. The molecule has 0 bridgehead atoms. The van der Waals surface area contributed by atoms with Gasteiger partial charge in [0.25, 0.3) is 0 Å². The second-order valence-corrected chi connectivity index (χ2v) is 3.90. The summed E-state index contributed by atoms with van der Waals surface area (Å²) >= 11 is 0. The van der Waals surface area contributed by atoms with Gasteiger partial charge in [-0.25, -0.2) is 9.78 Å². The zero-order valence-corrected chi connectivity index (χ0v) is 10.8. The Morgan fingerprint density at radius 2 is 2.25 bits per heavy atom. The number of aliphatic hydroxyl groups excluding tert-OH is 1. The molecule has 1 heterocycles. The molecule has 1 atom stereocenters. The summed E-state index contributed by atoms with van der Waals surface area (Å²) in [5.74, 6) is -0.267. The van der Waals surface area contributed by atoms with Crippen LogP contribution in [0.1, 0.15) is 12.5 Å². The molecule has 9 heteroatoms. The molecule has 0 fully saturated rings. The van der Waals surface area contributed by atoms with Gasteiger partial charge in [0.15, 0.2) is 0 Å². The van der Waals surface area contributed by atoms with Gasteiger partial charge in [0.1, 0.15) is 5.82 Å². The molecule has 1 rings (SSSR count). The van der Waals surface area contributed by atoms with Crippen molar-refractivity contribution in [1.82, 2.24) is 10.0 Å². The predicted octanol–water partition coefficient (Wildman–Crippen LogP) is 1.88. The number of carbonyl (C=O) groups excluding carboxylic acids is 1. The van der Waals surface area contributed by atoms with Crippen LogP contribution in [-0.4, -0.2) is 40.9 Å². The van der Waals surface area contributed by atoms with Crippen LogP contribution in [0.2, 0.25) is 0 Å². The molecule has 0 aliphatic rings. The Morgan fingerprint density at radius 1 is 1.60 bits per heavy atom. The highest BCUT2D eigenvalue weighted by atomic mass is 19.4. The number of amides is 2. The first kappa shape index (κ1) is 16.2. The summed E-state index contributed by atoms with van der Waals surface area (Å²) in [6.45, 7) is 1.14. The summed E-state index contributed by atoms with van der Waals surface area (Å²) in [6.07, 6.45) is -3.59. The lowest BCUT2D eigenvalue weighted by atomic mass is 10.2. The molecule has 2 amide bonds. The van der Waals surface area contributed by atoms with E-state index in [1.54, 1.807) is 0 Å². The van der Waals surface area contributed by atoms with E-state index in [1.807, 2.05) is 0 Å². The van der Waals surface area contributed by atoms with Crippen LogP contribution in [-0.2, 0) is 11.0 Å². The highest BCUT2D eigenvalue weighted by Crippen LogP contribution is 2.29. The number of hydrogen-bond acceptors (Lipinski definition) is 4. The molecule has 20 heavy (non-hydrogen) atoms. The van der Waals surface area contributed by atoms with Crippen LogP contribution < -0.4 is 5.32 Å². The Bertz CT molecular complexity index is 468. The average molecular weight is 293 g/mol. The van der Waals surface area contributed by atoms with Crippen LogP contribution in [0.3, 0.4) is 0 Å². The maximum atomic E-state index is 12.5. The van der Waals surface area contributed by atoms with Crippen LogP contribution >= 0.6 is 0 Å². The lowest BCUT2D eigenvalue weighted by Gasteiger charge is -2.24. The molecule has 6 nitrogen and oxygen atoms in total. The van der Waals surface area contributed by atoms with E-state index in [4.69, 9.17) is 9.94 Å². The molecule has 1 aromatic heterocycles. The number of pyridine rings is 1. The van der Waals surface area contributed by atoms with Crippen LogP contribution in [0.5, 0.6) is 0 Å². The number of alkyl halides is 3. The highest BCUT2D eigenvalue weighted by molar-refractivity contribution is 5.87. The summed E-state index contributed by atoms with van der Waals surface area (Å²) in [4.78, 5) is 20.1. The van der Waals surface area contributed by atoms with E-state index < -0.39 is 23.8 Å². The van der Waals surface area contributed by atoms with Crippen LogP contribution in [0.15, 0.2) is 18.3 Å². The number of rotatable bonds is 4. The van der Waals surface area contributed by atoms with Gasteiger partial charge in [-0.1, -0.05) is 0 Å². The van der Waals surface area contributed by atoms with Gasteiger partial charge in [-0.3, -0.25) is 10.2 Å². The molecule has 1 aromatic rings. The van der Waals surface area contributed by atoms with Crippen molar-refractivity contribution < 1.29 is 27.9 Å². The van der Waals surface area contributed by atoms with Crippen molar-refractivity contribution in [3.05, 3.63) is 23.9 Å². The fourth-order valence-electron chi connectivity index (χ4n) is 1.38. The maximum Gasteiger partial charge on any atom is 0.416 e. The van der Waals surface area contributed by atoms with Crippen LogP contribution in [0.4, 0.5) is 23.8 Å².